The van der Waals surface area contributed by atoms with Crippen LogP contribution >= 0.6 is 0 Å². The third-order valence-corrected chi connectivity index (χ3v) is 2.11. The van der Waals surface area contributed by atoms with Crippen LogP contribution in [0.3, 0.4) is 0 Å². The molecule has 0 saturated heterocycles. The summed E-state index contributed by atoms with van der Waals surface area (Å²) < 4.78 is 0. The Morgan fingerprint density at radius 1 is 1.15 bits per heavy atom. The second kappa shape index (κ2) is 9.32. The van der Waals surface area contributed by atoms with Crippen molar-refractivity contribution in [2.24, 2.45) is 0 Å². The summed E-state index contributed by atoms with van der Waals surface area (Å²) in [5.41, 5.74) is 0. The van der Waals surface area contributed by atoms with Gasteiger partial charge in [-0.3, -0.25) is 4.79 Å². The molecule has 1 nitrogen and oxygen atoms in total. The number of carbonyl (C=O) groups is 1. The Morgan fingerprint density at radius 3 is 2.38 bits per heavy atom. The smallest absolute Gasteiger partial charge is 0.144 e. The molecule has 0 amide bonds. The molecule has 1 heteroatoms. The Hall–Kier alpha value is -0.770. The van der Waals surface area contributed by atoms with Gasteiger partial charge in [-0.15, -0.1) is 6.42 Å². The van der Waals surface area contributed by atoms with E-state index >= 15 is 0 Å². The van der Waals surface area contributed by atoms with Gasteiger partial charge in [0.25, 0.3) is 0 Å². The van der Waals surface area contributed by atoms with Gasteiger partial charge >= 0.3 is 0 Å². The van der Waals surface area contributed by atoms with Gasteiger partial charge in [0.05, 0.1) is 6.42 Å². The molecule has 0 atom stereocenters. The van der Waals surface area contributed by atoms with E-state index in [1.165, 1.54) is 32.1 Å². The van der Waals surface area contributed by atoms with E-state index in [2.05, 4.69) is 12.8 Å². The number of terminal acetylenes is 1. The van der Waals surface area contributed by atoms with Crippen molar-refractivity contribution in [2.45, 2.75) is 58.3 Å². The maximum atomic E-state index is 11.0. The summed E-state index contributed by atoms with van der Waals surface area (Å²) in [5, 5.41) is 0. The summed E-state index contributed by atoms with van der Waals surface area (Å²) in [6.07, 6.45) is 13.4. The highest BCUT2D eigenvalue weighted by Gasteiger charge is 1.98. The summed E-state index contributed by atoms with van der Waals surface area (Å²) in [6, 6.07) is 0. The molecule has 0 saturated carbocycles. The molecule has 0 aliphatic heterocycles. The van der Waals surface area contributed by atoms with E-state index < -0.39 is 0 Å². The van der Waals surface area contributed by atoms with Crippen LogP contribution in [0.15, 0.2) is 0 Å². The number of hydrogen-bond donors (Lipinski definition) is 0. The second-order valence-electron chi connectivity index (χ2n) is 3.44. The average molecular weight is 180 g/mol. The zero-order valence-corrected chi connectivity index (χ0v) is 8.64. The molecule has 0 spiro atoms. The van der Waals surface area contributed by atoms with Crippen molar-refractivity contribution in [2.75, 3.05) is 0 Å². The van der Waals surface area contributed by atoms with E-state index in [-0.39, 0.29) is 5.78 Å². The Morgan fingerprint density at radius 2 is 1.77 bits per heavy atom. The molecule has 0 aromatic heterocycles. The van der Waals surface area contributed by atoms with Gasteiger partial charge < -0.3 is 0 Å². The molecule has 0 aromatic carbocycles. The topological polar surface area (TPSA) is 17.1 Å². The first-order valence-electron chi connectivity index (χ1n) is 5.26. The van der Waals surface area contributed by atoms with Crippen LogP contribution in [0.25, 0.3) is 0 Å². The van der Waals surface area contributed by atoms with Crippen LogP contribution in [-0.4, -0.2) is 5.78 Å². The van der Waals surface area contributed by atoms with Gasteiger partial charge in [-0.1, -0.05) is 44.9 Å². The van der Waals surface area contributed by atoms with Crippen molar-refractivity contribution in [1.82, 2.24) is 0 Å². The lowest BCUT2D eigenvalue weighted by Crippen LogP contribution is -1.95. The van der Waals surface area contributed by atoms with E-state index in [0.717, 1.165) is 6.42 Å². The van der Waals surface area contributed by atoms with Crippen LogP contribution in [0.2, 0.25) is 0 Å². The number of unbranched alkanes of at least 4 members (excludes halogenated alkanes) is 5. The Balaban J connectivity index is 3.08. The maximum Gasteiger partial charge on any atom is 0.144 e. The largest absolute Gasteiger partial charge is 0.299 e. The van der Waals surface area contributed by atoms with Gasteiger partial charge in [0.2, 0.25) is 0 Å². The molecule has 0 fully saturated rings. The Bertz CT molecular complexity index is 164. The molecular formula is C12H20O. The fraction of sp³-hybridized carbons (Fsp3) is 0.750. The van der Waals surface area contributed by atoms with E-state index in [0.29, 0.717) is 12.8 Å². The molecule has 0 rings (SSSR count). The van der Waals surface area contributed by atoms with Crippen LogP contribution in [0.5, 0.6) is 0 Å². The highest BCUT2D eigenvalue weighted by molar-refractivity contribution is 5.80. The highest BCUT2D eigenvalue weighted by atomic mass is 16.1. The first-order valence-corrected chi connectivity index (χ1v) is 5.26. The molecule has 74 valence electrons. The lowest BCUT2D eigenvalue weighted by molar-refractivity contribution is -0.118. The Labute approximate surface area is 81.9 Å². The van der Waals surface area contributed by atoms with E-state index in [9.17, 15) is 4.79 Å². The average Bonchev–Trinajstić information content (AvgIpc) is 2.11. The molecular weight excluding hydrogens is 160 g/mol. The molecule has 0 aliphatic carbocycles. The van der Waals surface area contributed by atoms with Gasteiger partial charge in [0, 0.05) is 6.42 Å². The van der Waals surface area contributed by atoms with Crippen LogP contribution in [-0.2, 0) is 4.79 Å². The summed E-state index contributed by atoms with van der Waals surface area (Å²) >= 11 is 0. The summed E-state index contributed by atoms with van der Waals surface area (Å²) in [6.45, 7) is 2.20. The second-order valence-corrected chi connectivity index (χ2v) is 3.44. The van der Waals surface area contributed by atoms with Gasteiger partial charge in [0.15, 0.2) is 0 Å². The predicted octanol–water partition coefficient (Wildman–Crippen LogP) is 3.33. The molecule has 0 aliphatic rings. The number of hydrogen-bond acceptors (Lipinski definition) is 1. The van der Waals surface area contributed by atoms with E-state index in [1.807, 2.05) is 0 Å². The fourth-order valence-electron chi connectivity index (χ4n) is 1.30. The number of rotatable bonds is 8. The summed E-state index contributed by atoms with van der Waals surface area (Å²) in [4.78, 5) is 11.0. The van der Waals surface area contributed by atoms with Crippen LogP contribution < -0.4 is 0 Å². The van der Waals surface area contributed by atoms with Crippen LogP contribution in [0.4, 0.5) is 0 Å². The first-order chi connectivity index (χ1) is 6.31. The third kappa shape index (κ3) is 9.14. The summed E-state index contributed by atoms with van der Waals surface area (Å²) in [7, 11) is 0. The fourth-order valence-corrected chi connectivity index (χ4v) is 1.30. The standard InChI is InChI=1S/C12H20O/c1-3-5-6-7-8-9-11-12(13)10-4-2/h2H,3,5-11H2,1H3. The van der Waals surface area contributed by atoms with E-state index in [1.54, 1.807) is 0 Å². The molecule has 0 heterocycles. The third-order valence-electron chi connectivity index (χ3n) is 2.11. The lowest BCUT2D eigenvalue weighted by Gasteiger charge is -1.98. The molecule has 0 N–H and O–H groups in total. The number of Topliss-reactive ketones (excluding diaryl/α,β-unsaturated/α-hetero) is 1. The summed E-state index contributed by atoms with van der Waals surface area (Å²) in [5.74, 6) is 2.60. The minimum Gasteiger partial charge on any atom is -0.299 e. The quantitative estimate of drug-likeness (QED) is 0.413. The minimum atomic E-state index is 0.220. The van der Waals surface area contributed by atoms with Gasteiger partial charge in [-0.25, -0.2) is 0 Å². The number of ketones is 1. The zero-order valence-electron chi connectivity index (χ0n) is 8.64. The SMILES string of the molecule is C#CCC(=O)CCCCCCCC. The minimum absolute atomic E-state index is 0.220. The van der Waals surface area contributed by atoms with Crippen LogP contribution in [0.1, 0.15) is 58.3 Å². The van der Waals surface area contributed by atoms with Crippen molar-refractivity contribution >= 4 is 5.78 Å². The van der Waals surface area contributed by atoms with Gasteiger partial charge in [0.1, 0.15) is 5.78 Å². The molecule has 0 unspecified atom stereocenters. The van der Waals surface area contributed by atoms with Gasteiger partial charge in [-0.05, 0) is 6.42 Å². The lowest BCUT2D eigenvalue weighted by atomic mass is 10.1. The van der Waals surface area contributed by atoms with Gasteiger partial charge in [-0.2, -0.15) is 0 Å². The van der Waals surface area contributed by atoms with Crippen molar-refractivity contribution < 1.29 is 4.79 Å². The van der Waals surface area contributed by atoms with Crippen LogP contribution in [0, 0.1) is 12.3 Å². The molecule has 0 bridgehead atoms. The molecule has 0 aromatic rings. The molecule has 0 radical (unpaired) electrons. The van der Waals surface area contributed by atoms with Crippen molar-refractivity contribution in [1.29, 1.82) is 0 Å². The normalized spacial score (nSPS) is 9.54. The predicted molar refractivity (Wildman–Crippen MR) is 56.5 cm³/mol. The number of carbonyl (C=O) groups excluding carboxylic acids is 1. The zero-order chi connectivity index (χ0) is 9.94. The molecule has 13 heavy (non-hydrogen) atoms. The maximum absolute atomic E-state index is 11.0. The first kappa shape index (κ1) is 12.2. The van der Waals surface area contributed by atoms with Crippen molar-refractivity contribution in [3.8, 4) is 12.3 Å². The van der Waals surface area contributed by atoms with Crippen molar-refractivity contribution in [3.63, 3.8) is 0 Å². The Kier molecular flexibility index (Phi) is 8.77. The highest BCUT2D eigenvalue weighted by Crippen LogP contribution is 2.07. The van der Waals surface area contributed by atoms with E-state index in [4.69, 9.17) is 6.42 Å². The van der Waals surface area contributed by atoms with Crippen molar-refractivity contribution in [3.05, 3.63) is 0 Å². The monoisotopic (exact) mass is 180 g/mol.